The third-order valence-electron chi connectivity index (χ3n) is 4.90. The van der Waals surface area contributed by atoms with Crippen molar-refractivity contribution in [1.82, 2.24) is 10.6 Å². The van der Waals surface area contributed by atoms with Crippen LogP contribution in [0.4, 0.5) is 18.9 Å². The molecule has 1 fully saturated rings. The minimum atomic E-state index is -4.68. The number of hydrogen-bond acceptors (Lipinski definition) is 3. The molecule has 0 aromatic heterocycles. The molecule has 2 aliphatic rings. The number of rotatable bonds is 6. The van der Waals surface area contributed by atoms with E-state index in [-0.39, 0.29) is 12.5 Å². The van der Waals surface area contributed by atoms with Crippen LogP contribution in [-0.4, -0.2) is 55.8 Å². The maximum atomic E-state index is 12.2. The Balaban J connectivity index is 1.56. The van der Waals surface area contributed by atoms with Crippen molar-refractivity contribution in [3.8, 4) is 0 Å². The largest absolute Gasteiger partial charge is 0.522 e. The lowest BCUT2D eigenvalue weighted by molar-refractivity contribution is -0.456. The lowest BCUT2D eigenvalue weighted by atomic mass is 9.93. The van der Waals surface area contributed by atoms with E-state index in [1.54, 1.807) is 6.07 Å². The van der Waals surface area contributed by atoms with Crippen LogP contribution in [0.2, 0.25) is 0 Å². The van der Waals surface area contributed by atoms with Crippen molar-refractivity contribution in [3.05, 3.63) is 28.8 Å². The molecule has 142 valence electrons. The molecule has 1 amide bonds. The molecule has 5 nitrogen and oxygen atoms in total. The van der Waals surface area contributed by atoms with Gasteiger partial charge in [-0.25, -0.2) is 0 Å². The van der Waals surface area contributed by atoms with Crippen molar-refractivity contribution in [2.24, 2.45) is 5.92 Å². The highest BCUT2D eigenvalue weighted by atomic mass is 19.4. The zero-order valence-electron chi connectivity index (χ0n) is 14.7. The average Bonchev–Trinajstić information content (AvgIpc) is 2.58. The van der Waals surface area contributed by atoms with Gasteiger partial charge in [0.15, 0.2) is 12.8 Å². The summed E-state index contributed by atoms with van der Waals surface area (Å²) in [6, 6.07) is 3.64. The van der Waals surface area contributed by atoms with Gasteiger partial charge in [-0.2, -0.15) is 4.58 Å². The lowest BCUT2D eigenvalue weighted by Gasteiger charge is -2.24. The molecule has 1 saturated heterocycles. The predicted molar refractivity (Wildman–Crippen MR) is 91.1 cm³/mol. The standard InChI is InChI=1S/C18H22F3N3O2/c1-12-14(17(25)23-8-9-26-18(19,20)21)2-3-16-15(12)11-24(16)10-13-4-6-22-7-5-13/h2-3,11,13,22H,4-10H2,1H3/p+1. The van der Waals surface area contributed by atoms with Crippen LogP contribution in [0.5, 0.6) is 0 Å². The van der Waals surface area contributed by atoms with E-state index in [2.05, 4.69) is 26.2 Å². The van der Waals surface area contributed by atoms with Crippen LogP contribution in [0.15, 0.2) is 12.1 Å². The molecule has 0 radical (unpaired) electrons. The summed E-state index contributed by atoms with van der Waals surface area (Å²) in [7, 11) is 0. The van der Waals surface area contributed by atoms with Gasteiger partial charge in [-0.1, -0.05) is 0 Å². The van der Waals surface area contributed by atoms with E-state index in [4.69, 9.17) is 0 Å². The van der Waals surface area contributed by atoms with Crippen molar-refractivity contribution in [3.63, 3.8) is 0 Å². The SMILES string of the molecule is Cc1c(C(=O)NCCOC(F)(F)F)ccc2c1C=[N+]2CC1CCNCC1. The van der Waals surface area contributed by atoms with Gasteiger partial charge in [0.1, 0.15) is 5.56 Å². The van der Waals surface area contributed by atoms with Crippen LogP contribution in [0.3, 0.4) is 0 Å². The molecule has 2 N–H and O–H groups in total. The first-order chi connectivity index (χ1) is 12.3. The van der Waals surface area contributed by atoms with Gasteiger partial charge in [-0.3, -0.25) is 9.53 Å². The Kier molecular flexibility index (Phi) is 5.62. The fourth-order valence-corrected chi connectivity index (χ4v) is 3.45. The number of nitrogens with zero attached hydrogens (tertiary/aromatic N) is 1. The van der Waals surface area contributed by atoms with Crippen molar-refractivity contribution in [2.75, 3.05) is 32.8 Å². The van der Waals surface area contributed by atoms with E-state index < -0.39 is 13.0 Å². The quantitative estimate of drug-likeness (QED) is 0.597. The second-order valence-corrected chi connectivity index (χ2v) is 6.70. The Morgan fingerprint density at radius 1 is 1.35 bits per heavy atom. The summed E-state index contributed by atoms with van der Waals surface area (Å²) >= 11 is 0. The second kappa shape index (κ2) is 7.75. The Morgan fingerprint density at radius 2 is 2.08 bits per heavy atom. The number of hydrogen-bond donors (Lipinski definition) is 2. The normalized spacial score (nSPS) is 17.3. The van der Waals surface area contributed by atoms with E-state index >= 15 is 0 Å². The molecule has 26 heavy (non-hydrogen) atoms. The molecular weight excluding hydrogens is 347 g/mol. The van der Waals surface area contributed by atoms with Crippen LogP contribution >= 0.6 is 0 Å². The number of piperidine rings is 1. The Hall–Kier alpha value is -1.93. The van der Waals surface area contributed by atoms with E-state index in [1.165, 1.54) is 12.8 Å². The van der Waals surface area contributed by atoms with Gasteiger partial charge in [0, 0.05) is 24.1 Å². The number of ether oxygens (including phenoxy) is 1. The molecular formula is C18H23F3N3O2+. The fraction of sp³-hybridized carbons (Fsp3) is 0.556. The summed E-state index contributed by atoms with van der Waals surface area (Å²) in [5, 5.41) is 5.82. The fourth-order valence-electron chi connectivity index (χ4n) is 3.45. The minimum absolute atomic E-state index is 0.194. The monoisotopic (exact) mass is 370 g/mol. The summed E-state index contributed by atoms with van der Waals surface area (Å²) in [4.78, 5) is 12.2. The first-order valence-corrected chi connectivity index (χ1v) is 8.80. The maximum Gasteiger partial charge on any atom is 0.522 e. The Labute approximate surface area is 150 Å². The molecule has 0 bridgehead atoms. The van der Waals surface area contributed by atoms with Crippen molar-refractivity contribution in [1.29, 1.82) is 0 Å². The molecule has 0 atom stereocenters. The minimum Gasteiger partial charge on any atom is -0.350 e. The highest BCUT2D eigenvalue weighted by Gasteiger charge is 2.32. The van der Waals surface area contributed by atoms with Crippen LogP contribution in [0.1, 0.15) is 34.3 Å². The van der Waals surface area contributed by atoms with E-state index in [1.807, 2.05) is 13.0 Å². The summed E-state index contributed by atoms with van der Waals surface area (Å²) < 4.78 is 41.7. The average molecular weight is 370 g/mol. The lowest BCUT2D eigenvalue weighted by Crippen LogP contribution is -2.34. The molecule has 0 saturated carbocycles. The second-order valence-electron chi connectivity index (χ2n) is 6.70. The van der Waals surface area contributed by atoms with Crippen LogP contribution in [0, 0.1) is 12.8 Å². The number of fused-ring (bicyclic) bond motifs is 1. The number of halogens is 3. The predicted octanol–water partition coefficient (Wildman–Crippen LogP) is 2.34. The van der Waals surface area contributed by atoms with Gasteiger partial charge in [0.25, 0.3) is 5.91 Å². The van der Waals surface area contributed by atoms with Crippen molar-refractivity contribution < 1.29 is 27.3 Å². The molecule has 0 spiro atoms. The third-order valence-corrected chi connectivity index (χ3v) is 4.90. The Morgan fingerprint density at radius 3 is 2.77 bits per heavy atom. The summed E-state index contributed by atoms with van der Waals surface area (Å²) in [5.74, 6) is 0.277. The van der Waals surface area contributed by atoms with Crippen LogP contribution in [0.25, 0.3) is 0 Å². The number of carbonyl (C=O) groups is 1. The zero-order valence-corrected chi connectivity index (χ0v) is 14.7. The Bertz CT molecular complexity index is 710. The summed E-state index contributed by atoms with van der Waals surface area (Å²) in [5.41, 5.74) is 3.46. The molecule has 1 aromatic rings. The van der Waals surface area contributed by atoms with Gasteiger partial charge in [-0.15, -0.1) is 13.2 Å². The molecule has 8 heteroatoms. The first kappa shape index (κ1) is 18.8. The van der Waals surface area contributed by atoms with Gasteiger partial charge >= 0.3 is 6.36 Å². The zero-order chi connectivity index (χ0) is 18.7. The van der Waals surface area contributed by atoms with E-state index in [0.29, 0.717) is 11.5 Å². The molecule has 2 heterocycles. The van der Waals surface area contributed by atoms with Crippen molar-refractivity contribution in [2.45, 2.75) is 26.1 Å². The molecule has 0 unspecified atom stereocenters. The molecule has 0 aliphatic carbocycles. The smallest absolute Gasteiger partial charge is 0.350 e. The van der Waals surface area contributed by atoms with Crippen LogP contribution < -0.4 is 10.6 Å². The number of amides is 1. The van der Waals surface area contributed by atoms with Gasteiger partial charge in [0.05, 0.1) is 6.61 Å². The van der Waals surface area contributed by atoms with Gasteiger partial charge in [-0.05, 0) is 44.5 Å². The third kappa shape index (κ3) is 4.42. The first-order valence-electron chi connectivity index (χ1n) is 8.80. The highest BCUT2D eigenvalue weighted by molar-refractivity contribution is 6.01. The van der Waals surface area contributed by atoms with E-state index in [9.17, 15) is 18.0 Å². The van der Waals surface area contributed by atoms with Gasteiger partial charge in [0.2, 0.25) is 5.69 Å². The van der Waals surface area contributed by atoms with Crippen LogP contribution in [-0.2, 0) is 4.74 Å². The number of alkyl halides is 3. The topological polar surface area (TPSA) is 53.4 Å². The molecule has 3 rings (SSSR count). The summed E-state index contributed by atoms with van der Waals surface area (Å²) in [6.07, 6.45) is -0.294. The summed E-state index contributed by atoms with van der Waals surface area (Å²) in [6.45, 7) is 4.16. The molecule has 1 aromatic carbocycles. The number of benzene rings is 1. The maximum absolute atomic E-state index is 12.2. The highest BCUT2D eigenvalue weighted by Crippen LogP contribution is 2.31. The van der Waals surface area contributed by atoms with Gasteiger partial charge < -0.3 is 10.6 Å². The van der Waals surface area contributed by atoms with E-state index in [0.717, 1.165) is 36.4 Å². The van der Waals surface area contributed by atoms with Crippen molar-refractivity contribution >= 4 is 17.8 Å². The number of carbonyl (C=O) groups excluding carboxylic acids is 1. The molecule has 2 aliphatic heterocycles. The number of nitrogens with one attached hydrogen (secondary N) is 2.